The monoisotopic (exact) mass is 382 g/mol. The van der Waals surface area contributed by atoms with Crippen LogP contribution in [0.15, 0.2) is 36.7 Å². The first-order valence-electron chi connectivity index (χ1n) is 9.21. The highest BCUT2D eigenvalue weighted by atomic mass is 32.1. The number of hydrogen-bond acceptors (Lipinski definition) is 6. The Kier molecular flexibility index (Phi) is 5.31. The van der Waals surface area contributed by atoms with Gasteiger partial charge in [-0.1, -0.05) is 19.1 Å². The molecule has 4 rings (SSSR count). The van der Waals surface area contributed by atoms with Crippen LogP contribution in [0, 0.1) is 0 Å². The number of fused-ring (bicyclic) bond motifs is 1. The van der Waals surface area contributed by atoms with Gasteiger partial charge in [-0.25, -0.2) is 9.97 Å². The smallest absolute Gasteiger partial charge is 0.253 e. The normalized spacial score (nSPS) is 16.6. The Hall–Kier alpha value is -2.51. The van der Waals surface area contributed by atoms with Crippen molar-refractivity contribution in [1.82, 2.24) is 9.97 Å². The van der Waals surface area contributed by atoms with E-state index in [0.29, 0.717) is 13.2 Å². The molecule has 1 saturated heterocycles. The summed E-state index contributed by atoms with van der Waals surface area (Å²) in [5.41, 5.74) is 1.85. The number of nitrogens with one attached hydrogen (secondary N) is 2. The molecule has 1 aliphatic rings. The van der Waals surface area contributed by atoms with Crippen molar-refractivity contribution in [2.75, 3.05) is 17.2 Å². The van der Waals surface area contributed by atoms with Crippen LogP contribution in [-0.2, 0) is 22.5 Å². The second kappa shape index (κ2) is 8.02. The number of anilines is 2. The number of nitrogens with zero attached hydrogens (tertiary/aromatic N) is 2. The van der Waals surface area contributed by atoms with Crippen LogP contribution in [-0.4, -0.2) is 28.6 Å². The van der Waals surface area contributed by atoms with Crippen molar-refractivity contribution < 1.29 is 9.53 Å². The third kappa shape index (κ3) is 4.09. The van der Waals surface area contributed by atoms with E-state index in [-0.39, 0.29) is 12.0 Å². The summed E-state index contributed by atoms with van der Waals surface area (Å²) in [6, 6.07) is 9.99. The van der Waals surface area contributed by atoms with Gasteiger partial charge >= 0.3 is 0 Å². The van der Waals surface area contributed by atoms with Crippen LogP contribution in [0.2, 0.25) is 0 Å². The van der Waals surface area contributed by atoms with Gasteiger partial charge in [0.15, 0.2) is 0 Å². The average Bonchev–Trinajstić information content (AvgIpc) is 3.36. The van der Waals surface area contributed by atoms with Crippen molar-refractivity contribution in [3.8, 4) is 0 Å². The standard InChI is InChI=1S/C20H22N4O2S/c1-2-15-10-16-18(22-12-23-20(16)27-15)21-11-13-5-3-6-14(9-13)24-19(25)17-7-4-8-26-17/h3,5-6,9-10,12,17H,2,4,7-8,11H2,1H3,(H,24,25)(H,21,22,23)/t17-/m0/s1. The number of hydrogen-bond donors (Lipinski definition) is 2. The zero-order valence-corrected chi connectivity index (χ0v) is 16.0. The van der Waals surface area contributed by atoms with Crippen LogP contribution in [0.5, 0.6) is 0 Å². The molecule has 0 spiro atoms. The van der Waals surface area contributed by atoms with Crippen molar-refractivity contribution in [3.05, 3.63) is 47.1 Å². The molecule has 1 fully saturated rings. The summed E-state index contributed by atoms with van der Waals surface area (Å²) in [7, 11) is 0. The first-order chi connectivity index (χ1) is 13.2. The molecule has 1 atom stereocenters. The van der Waals surface area contributed by atoms with E-state index in [4.69, 9.17) is 4.74 Å². The van der Waals surface area contributed by atoms with Crippen molar-refractivity contribution in [2.45, 2.75) is 38.8 Å². The van der Waals surface area contributed by atoms with Crippen molar-refractivity contribution in [1.29, 1.82) is 0 Å². The molecule has 3 heterocycles. The Balaban J connectivity index is 1.44. The Morgan fingerprint density at radius 1 is 1.33 bits per heavy atom. The summed E-state index contributed by atoms with van der Waals surface area (Å²) >= 11 is 1.70. The summed E-state index contributed by atoms with van der Waals surface area (Å²) in [5, 5.41) is 7.40. The molecule has 0 unspecified atom stereocenters. The molecule has 7 heteroatoms. The van der Waals surface area contributed by atoms with Crippen LogP contribution in [0.3, 0.4) is 0 Å². The fraction of sp³-hybridized carbons (Fsp3) is 0.350. The second-order valence-electron chi connectivity index (χ2n) is 6.55. The Morgan fingerprint density at radius 2 is 2.26 bits per heavy atom. The van der Waals surface area contributed by atoms with Gasteiger partial charge in [-0.15, -0.1) is 11.3 Å². The Morgan fingerprint density at radius 3 is 3.07 bits per heavy atom. The molecule has 1 amide bonds. The third-order valence-corrected chi connectivity index (χ3v) is 5.79. The lowest BCUT2D eigenvalue weighted by Gasteiger charge is -2.12. The number of aromatic nitrogens is 2. The lowest BCUT2D eigenvalue weighted by atomic mass is 10.2. The van der Waals surface area contributed by atoms with Crippen molar-refractivity contribution in [3.63, 3.8) is 0 Å². The number of carbonyl (C=O) groups is 1. The molecule has 2 N–H and O–H groups in total. The van der Waals surface area contributed by atoms with Crippen LogP contribution in [0.1, 0.15) is 30.2 Å². The van der Waals surface area contributed by atoms with Crippen molar-refractivity contribution in [2.24, 2.45) is 0 Å². The molecule has 0 bridgehead atoms. The van der Waals surface area contributed by atoms with Crippen molar-refractivity contribution >= 4 is 39.0 Å². The molecule has 0 saturated carbocycles. The molecular formula is C20H22N4O2S. The lowest BCUT2D eigenvalue weighted by molar-refractivity contribution is -0.124. The minimum Gasteiger partial charge on any atom is -0.368 e. The maximum Gasteiger partial charge on any atom is 0.253 e. The van der Waals surface area contributed by atoms with Crippen LogP contribution in [0.25, 0.3) is 10.2 Å². The molecular weight excluding hydrogens is 360 g/mol. The molecule has 3 aromatic rings. The quantitative estimate of drug-likeness (QED) is 0.674. The van der Waals surface area contributed by atoms with Gasteiger partial charge in [0.05, 0.1) is 5.39 Å². The fourth-order valence-corrected chi connectivity index (χ4v) is 4.11. The van der Waals surface area contributed by atoms with E-state index in [0.717, 1.165) is 46.5 Å². The van der Waals surface area contributed by atoms with Gasteiger partial charge in [-0.05, 0) is 43.0 Å². The van der Waals surface area contributed by atoms with Gasteiger partial charge in [-0.3, -0.25) is 4.79 Å². The molecule has 6 nitrogen and oxygen atoms in total. The number of ether oxygens (including phenoxy) is 1. The van der Waals surface area contributed by atoms with Gasteiger partial charge in [-0.2, -0.15) is 0 Å². The van der Waals surface area contributed by atoms with E-state index < -0.39 is 0 Å². The predicted molar refractivity (Wildman–Crippen MR) is 108 cm³/mol. The van der Waals surface area contributed by atoms with E-state index in [1.165, 1.54) is 4.88 Å². The minimum atomic E-state index is -0.326. The number of benzene rings is 1. The highest BCUT2D eigenvalue weighted by molar-refractivity contribution is 7.18. The number of rotatable bonds is 6. The molecule has 140 valence electrons. The van der Waals surface area contributed by atoms with Gasteiger partial charge in [0, 0.05) is 23.7 Å². The van der Waals surface area contributed by atoms with E-state index in [9.17, 15) is 4.79 Å². The lowest BCUT2D eigenvalue weighted by Crippen LogP contribution is -2.26. The maximum absolute atomic E-state index is 12.2. The van der Waals surface area contributed by atoms with E-state index in [1.54, 1.807) is 17.7 Å². The summed E-state index contributed by atoms with van der Waals surface area (Å²) in [6.07, 6.45) is 3.99. The van der Waals surface area contributed by atoms with E-state index in [1.807, 2.05) is 24.3 Å². The largest absolute Gasteiger partial charge is 0.368 e. The highest BCUT2D eigenvalue weighted by Crippen LogP contribution is 2.28. The topological polar surface area (TPSA) is 76.1 Å². The number of aryl methyl sites for hydroxylation is 1. The molecule has 1 aromatic carbocycles. The Labute approximate surface area is 162 Å². The first kappa shape index (κ1) is 17.9. The second-order valence-corrected chi connectivity index (χ2v) is 7.67. The third-order valence-electron chi connectivity index (χ3n) is 4.61. The van der Waals surface area contributed by atoms with Gasteiger partial charge in [0.2, 0.25) is 0 Å². The number of amides is 1. The van der Waals surface area contributed by atoms with Gasteiger partial charge in [0.25, 0.3) is 5.91 Å². The number of thiophene rings is 1. The fourth-order valence-electron chi connectivity index (χ4n) is 3.17. The summed E-state index contributed by atoms with van der Waals surface area (Å²) in [4.78, 5) is 23.3. The highest BCUT2D eigenvalue weighted by Gasteiger charge is 2.23. The summed E-state index contributed by atoms with van der Waals surface area (Å²) < 4.78 is 5.44. The maximum atomic E-state index is 12.2. The molecule has 1 aliphatic heterocycles. The molecule has 27 heavy (non-hydrogen) atoms. The Bertz CT molecular complexity index is 950. The predicted octanol–water partition coefficient (Wildman–Crippen LogP) is 3.98. The van der Waals surface area contributed by atoms with Gasteiger partial charge < -0.3 is 15.4 Å². The average molecular weight is 382 g/mol. The minimum absolute atomic E-state index is 0.0690. The zero-order valence-electron chi connectivity index (χ0n) is 15.2. The molecule has 0 aliphatic carbocycles. The van der Waals surface area contributed by atoms with E-state index >= 15 is 0 Å². The molecule has 0 radical (unpaired) electrons. The van der Waals surface area contributed by atoms with Gasteiger partial charge in [0.1, 0.15) is 23.1 Å². The summed E-state index contributed by atoms with van der Waals surface area (Å²) in [5.74, 6) is 0.769. The van der Waals surface area contributed by atoms with Crippen LogP contribution < -0.4 is 10.6 Å². The van der Waals surface area contributed by atoms with Crippen LogP contribution in [0.4, 0.5) is 11.5 Å². The number of carbonyl (C=O) groups excluding carboxylic acids is 1. The molecule has 2 aromatic heterocycles. The first-order valence-corrected chi connectivity index (χ1v) is 10.0. The summed E-state index contributed by atoms with van der Waals surface area (Å²) in [6.45, 7) is 3.42. The SMILES string of the molecule is CCc1cc2c(NCc3cccc(NC(=O)[C@@H]4CCCO4)c3)ncnc2s1. The van der Waals surface area contributed by atoms with E-state index in [2.05, 4.69) is 33.6 Å². The van der Waals surface area contributed by atoms with Crippen LogP contribution >= 0.6 is 11.3 Å². The zero-order chi connectivity index (χ0) is 18.6.